The molecule has 5 nitrogen and oxygen atoms in total. The molecule has 1 saturated carbocycles. The van der Waals surface area contributed by atoms with Crippen LogP contribution in [0, 0.1) is 0 Å². The van der Waals surface area contributed by atoms with Gasteiger partial charge in [0, 0.05) is 9.49 Å². The Kier molecular flexibility index (Phi) is 18.6. The van der Waals surface area contributed by atoms with Gasteiger partial charge in [-0.05, 0) is 11.5 Å². The first kappa shape index (κ1) is 34.6. The molecule has 0 aromatic heterocycles. The summed E-state index contributed by atoms with van der Waals surface area (Å²) in [6.45, 7) is 20.0. The van der Waals surface area contributed by atoms with Crippen molar-refractivity contribution in [3.05, 3.63) is 26.6 Å². The Balaban J connectivity index is 0.00000194. The average molecular weight is 609 g/mol. The van der Waals surface area contributed by atoms with Crippen LogP contribution in [0.2, 0.25) is 0 Å². The summed E-state index contributed by atoms with van der Waals surface area (Å²) in [6, 6.07) is 1.56. The molecule has 1 aliphatic carbocycles. The second-order valence-corrected chi connectivity index (χ2v) is 17.0. The fourth-order valence-electron chi connectivity index (χ4n) is 3.93. The van der Waals surface area contributed by atoms with Gasteiger partial charge >= 0.3 is 33.3 Å². The van der Waals surface area contributed by atoms with Gasteiger partial charge < -0.3 is 26.6 Å². The van der Waals surface area contributed by atoms with Crippen molar-refractivity contribution >= 4 is 43.7 Å². The van der Waals surface area contributed by atoms with E-state index in [0.29, 0.717) is 12.1 Å². The topological polar surface area (TPSA) is 70.5 Å². The van der Waals surface area contributed by atoms with Gasteiger partial charge in [0.1, 0.15) is 0 Å². The summed E-state index contributed by atoms with van der Waals surface area (Å²) in [5, 5.41) is 25.3. The van der Waals surface area contributed by atoms with E-state index in [-0.39, 0.29) is 40.8 Å². The second kappa shape index (κ2) is 18.8. The predicted octanol–water partition coefficient (Wildman–Crippen LogP) is 8.75. The van der Waals surface area contributed by atoms with Crippen LogP contribution >= 0.6 is 43.7 Å². The Labute approximate surface area is 240 Å². The third-order valence-electron chi connectivity index (χ3n) is 5.77. The number of hydrogen-bond donors (Lipinski definition) is 0. The van der Waals surface area contributed by atoms with Gasteiger partial charge in [0.15, 0.2) is 0 Å². The Hall–Kier alpha value is 1.60. The Bertz CT molecular complexity index is 537. The number of rotatable bonds is 4. The van der Waals surface area contributed by atoms with E-state index in [4.69, 9.17) is 46.8 Å². The molecule has 0 N–H and O–H groups in total. The molecular weight excluding hydrogens is 560 g/mol. The van der Waals surface area contributed by atoms with Crippen LogP contribution in [0.1, 0.15) is 74.1 Å². The number of halogens is 2. The molecule has 0 bridgehead atoms. The zero-order valence-electron chi connectivity index (χ0n) is 22.9. The van der Waals surface area contributed by atoms with Crippen LogP contribution in [0.4, 0.5) is 0 Å². The third-order valence-corrected chi connectivity index (χ3v) is 8.60. The van der Waals surface area contributed by atoms with Gasteiger partial charge in [0.25, 0.3) is 0 Å². The molecule has 2 fully saturated rings. The Morgan fingerprint density at radius 2 is 1.11 bits per heavy atom. The molecule has 10 heteroatoms. The van der Waals surface area contributed by atoms with E-state index >= 15 is 0 Å². The van der Waals surface area contributed by atoms with E-state index in [1.807, 2.05) is 23.5 Å². The molecule has 5 atom stereocenters. The number of nitrogens with zero attached hydrogens (tertiary/aromatic N) is 5. The molecule has 0 aromatic carbocycles. The van der Waals surface area contributed by atoms with Gasteiger partial charge in [0.05, 0.1) is 0 Å². The second-order valence-electron chi connectivity index (χ2n) is 11.4. The SMILES string of the molecule is C[C@@H]1C[N-][C@@H](CSC(C)(C)C)C[N-][C@@H]2CCCC[C@H]2[N-]C[C@H](CSC(C)(C)C)[N-]CC[N-]1.[Cl][Mn][Cl]. The average Bonchev–Trinajstić information content (AvgIpc) is 2.77. The molecule has 0 amide bonds. The fourth-order valence-corrected chi connectivity index (χ4v) is 5.73. The summed E-state index contributed by atoms with van der Waals surface area (Å²) in [5.74, 6) is 2.08. The van der Waals surface area contributed by atoms with Gasteiger partial charge in [-0.25, -0.2) is 0 Å². The minimum atomic E-state index is 0.00694. The first-order valence-corrected chi connectivity index (χ1v) is 18.1. The molecule has 0 radical (unpaired) electrons. The van der Waals surface area contributed by atoms with Crippen molar-refractivity contribution in [2.45, 2.75) is 114 Å². The summed E-state index contributed by atoms with van der Waals surface area (Å²) in [6.07, 6.45) is 4.92. The van der Waals surface area contributed by atoms with E-state index < -0.39 is 0 Å². The van der Waals surface area contributed by atoms with Gasteiger partial charge in [-0.1, -0.05) is 74.1 Å². The molecule has 211 valence electrons. The van der Waals surface area contributed by atoms with Crippen molar-refractivity contribution in [1.29, 1.82) is 0 Å². The zero-order valence-corrected chi connectivity index (χ0v) is 27.2. The third kappa shape index (κ3) is 18.5. The minimum absolute atomic E-state index is 0.00694. The van der Waals surface area contributed by atoms with Crippen LogP contribution in [-0.4, -0.2) is 83.9 Å². The van der Waals surface area contributed by atoms with Crippen LogP contribution in [0.3, 0.4) is 0 Å². The summed E-state index contributed by atoms with van der Waals surface area (Å²) < 4.78 is 0.516. The molecule has 1 saturated heterocycles. The molecule has 0 spiro atoms. The molecule has 35 heavy (non-hydrogen) atoms. The molecule has 0 aromatic rings. The van der Waals surface area contributed by atoms with Crippen molar-refractivity contribution < 1.29 is 13.1 Å². The number of thioether (sulfide) groups is 2. The Morgan fingerprint density at radius 1 is 0.686 bits per heavy atom. The summed E-state index contributed by atoms with van der Waals surface area (Å²) in [4.78, 5) is 0. The van der Waals surface area contributed by atoms with Crippen LogP contribution < -0.4 is 0 Å². The molecule has 2 aliphatic rings. The summed E-state index contributed by atoms with van der Waals surface area (Å²) in [5.41, 5.74) is 0. The quantitative estimate of drug-likeness (QED) is 0.300. The molecule has 2 rings (SSSR count). The van der Waals surface area contributed by atoms with Crippen LogP contribution in [0.25, 0.3) is 26.6 Å². The number of hydrogen-bond acceptors (Lipinski definition) is 2. The normalized spacial score (nSPS) is 30.3. The molecule has 1 aliphatic heterocycles. The fraction of sp³-hybridized carbons (Fsp3) is 1.00. The van der Waals surface area contributed by atoms with E-state index in [0.717, 1.165) is 44.2 Å². The van der Waals surface area contributed by atoms with E-state index in [1.165, 1.54) is 25.7 Å². The monoisotopic (exact) mass is 607 g/mol. The molecule has 0 unspecified atom stereocenters. The summed E-state index contributed by atoms with van der Waals surface area (Å²) in [7, 11) is 9.59. The maximum absolute atomic E-state index is 5.21. The van der Waals surface area contributed by atoms with Gasteiger partial charge in [-0.2, -0.15) is 74.4 Å². The van der Waals surface area contributed by atoms with E-state index in [9.17, 15) is 0 Å². The molecular formula is C25H48Cl2MnN5S2-5. The Morgan fingerprint density at radius 3 is 1.57 bits per heavy atom. The summed E-state index contributed by atoms with van der Waals surface area (Å²) >= 11 is 4.01. The first-order chi connectivity index (χ1) is 16.4. The first-order valence-electron chi connectivity index (χ1n) is 12.9. The standard InChI is InChI=1S/C25H48N5S2.2ClH.Mn/c1-19-14-28-21(18-32-25(5,6)7)16-30-23-11-9-8-10-22(23)29-15-20(27-13-12-26-19)17-31-24(2,3)4;;;/h19-23H,8-18H2,1-7H3;2*1H;/q-5;;;+2/p-2/t19-,20-,21-,22-,23-;;;/m1.../s1. The predicted molar refractivity (Wildman–Crippen MR) is 160 cm³/mol. The zero-order chi connectivity index (χ0) is 26.3. The van der Waals surface area contributed by atoms with Crippen LogP contribution in [0.5, 0.6) is 0 Å². The van der Waals surface area contributed by atoms with Crippen molar-refractivity contribution in [3.8, 4) is 0 Å². The van der Waals surface area contributed by atoms with Crippen molar-refractivity contribution in [2.24, 2.45) is 0 Å². The van der Waals surface area contributed by atoms with E-state index in [1.54, 1.807) is 0 Å². The van der Waals surface area contributed by atoms with Crippen molar-refractivity contribution in [2.75, 3.05) is 44.2 Å². The van der Waals surface area contributed by atoms with Crippen LogP contribution in [0.15, 0.2) is 0 Å². The van der Waals surface area contributed by atoms with Crippen LogP contribution in [-0.2, 0) is 13.1 Å². The van der Waals surface area contributed by atoms with Gasteiger partial charge in [-0.3, -0.25) is 0 Å². The van der Waals surface area contributed by atoms with Gasteiger partial charge in [0.2, 0.25) is 0 Å². The number of fused-ring (bicyclic) bond motifs is 1. The van der Waals surface area contributed by atoms with Gasteiger partial charge in [-0.15, -0.1) is 12.1 Å². The van der Waals surface area contributed by atoms with Crippen molar-refractivity contribution in [3.63, 3.8) is 0 Å². The van der Waals surface area contributed by atoms with Crippen molar-refractivity contribution in [1.82, 2.24) is 0 Å². The maximum atomic E-state index is 5.21. The van der Waals surface area contributed by atoms with E-state index in [2.05, 4.69) is 48.5 Å². The molecule has 1 heterocycles.